The minimum atomic E-state index is -0.510. The van der Waals surface area contributed by atoms with Gasteiger partial charge in [0, 0.05) is 34.7 Å². The fourth-order valence-corrected chi connectivity index (χ4v) is 3.93. The molecule has 0 fully saturated rings. The number of carbonyl (C=O) groups is 1. The maximum Gasteiger partial charge on any atom is 0.407 e. The SMILES string of the molecule is Cc1cc2c(c3c1NCC3(C)C)OC(C)(CNC(=O)OC(C)(C)C)C2C. The van der Waals surface area contributed by atoms with Crippen molar-refractivity contribution in [3.63, 3.8) is 0 Å². The summed E-state index contributed by atoms with van der Waals surface area (Å²) in [5, 5.41) is 6.42. The molecular weight excluding hydrogens is 328 g/mol. The second-order valence-electron chi connectivity index (χ2n) is 9.59. The second kappa shape index (κ2) is 5.80. The van der Waals surface area contributed by atoms with Crippen LogP contribution < -0.4 is 15.4 Å². The Morgan fingerprint density at radius 3 is 2.65 bits per heavy atom. The lowest BCUT2D eigenvalue weighted by Crippen LogP contribution is -2.47. The van der Waals surface area contributed by atoms with Crippen molar-refractivity contribution in [2.45, 2.75) is 77.9 Å². The highest BCUT2D eigenvalue weighted by Crippen LogP contribution is 2.54. The Kier molecular flexibility index (Phi) is 4.21. The molecule has 2 unspecified atom stereocenters. The summed E-state index contributed by atoms with van der Waals surface area (Å²) in [6, 6.07) is 2.23. The molecule has 0 saturated heterocycles. The topological polar surface area (TPSA) is 59.6 Å². The molecule has 0 aromatic heterocycles. The quantitative estimate of drug-likeness (QED) is 0.816. The van der Waals surface area contributed by atoms with Crippen LogP contribution in [0.25, 0.3) is 0 Å². The fraction of sp³-hybridized carbons (Fsp3) is 0.667. The molecule has 1 aromatic rings. The van der Waals surface area contributed by atoms with E-state index in [4.69, 9.17) is 9.47 Å². The standard InChI is InChI=1S/C21H32N2O3/c1-12-9-14-13(2)21(8,11-23-18(24)26-19(3,4)5)25-17(14)15-16(12)22-10-20(15,6)7/h9,13,22H,10-11H2,1-8H3,(H,23,24). The van der Waals surface area contributed by atoms with Crippen molar-refractivity contribution in [1.29, 1.82) is 0 Å². The van der Waals surface area contributed by atoms with E-state index in [2.05, 4.69) is 51.3 Å². The van der Waals surface area contributed by atoms with E-state index in [0.29, 0.717) is 6.54 Å². The van der Waals surface area contributed by atoms with Gasteiger partial charge in [-0.25, -0.2) is 4.79 Å². The number of ether oxygens (including phenoxy) is 2. The van der Waals surface area contributed by atoms with Gasteiger partial charge in [-0.15, -0.1) is 0 Å². The molecule has 144 valence electrons. The molecule has 3 rings (SSSR count). The van der Waals surface area contributed by atoms with Gasteiger partial charge >= 0.3 is 6.09 Å². The molecule has 5 heteroatoms. The third-order valence-electron chi connectivity index (χ3n) is 5.59. The van der Waals surface area contributed by atoms with Crippen molar-refractivity contribution >= 4 is 11.8 Å². The summed E-state index contributed by atoms with van der Waals surface area (Å²) in [4.78, 5) is 12.1. The number of rotatable bonds is 2. The first kappa shape index (κ1) is 18.9. The lowest BCUT2D eigenvalue weighted by molar-refractivity contribution is 0.0418. The number of carbonyl (C=O) groups excluding carboxylic acids is 1. The number of aryl methyl sites for hydroxylation is 1. The van der Waals surface area contributed by atoms with Crippen molar-refractivity contribution in [2.75, 3.05) is 18.4 Å². The third kappa shape index (κ3) is 3.12. The highest BCUT2D eigenvalue weighted by atomic mass is 16.6. The predicted octanol–water partition coefficient (Wildman–Crippen LogP) is 4.48. The molecule has 2 atom stereocenters. The molecular formula is C21H32N2O3. The van der Waals surface area contributed by atoms with Crippen LogP contribution in [0.1, 0.15) is 71.1 Å². The molecule has 2 N–H and O–H groups in total. The summed E-state index contributed by atoms with van der Waals surface area (Å²) < 4.78 is 11.9. The van der Waals surface area contributed by atoms with E-state index >= 15 is 0 Å². The maximum atomic E-state index is 12.1. The average Bonchev–Trinajstić information content (AvgIpc) is 2.93. The zero-order chi connectivity index (χ0) is 19.5. The summed E-state index contributed by atoms with van der Waals surface area (Å²) in [6.07, 6.45) is -0.408. The number of alkyl carbamates (subject to hydrolysis) is 1. The van der Waals surface area contributed by atoms with E-state index in [-0.39, 0.29) is 11.3 Å². The normalized spacial score (nSPS) is 25.8. The lowest BCUT2D eigenvalue weighted by atomic mass is 9.81. The Morgan fingerprint density at radius 2 is 2.04 bits per heavy atom. The van der Waals surface area contributed by atoms with Gasteiger partial charge in [0.25, 0.3) is 0 Å². The number of hydrogen-bond donors (Lipinski definition) is 2. The number of fused-ring (bicyclic) bond motifs is 3. The van der Waals surface area contributed by atoms with Crippen LogP contribution in [0.3, 0.4) is 0 Å². The van der Waals surface area contributed by atoms with Gasteiger partial charge < -0.3 is 20.1 Å². The van der Waals surface area contributed by atoms with Gasteiger partial charge in [-0.2, -0.15) is 0 Å². The Bertz CT molecular complexity index is 749. The van der Waals surface area contributed by atoms with Gasteiger partial charge in [-0.3, -0.25) is 0 Å². The van der Waals surface area contributed by atoms with Gasteiger partial charge in [0.2, 0.25) is 0 Å². The van der Waals surface area contributed by atoms with Crippen molar-refractivity contribution in [2.24, 2.45) is 0 Å². The smallest absolute Gasteiger partial charge is 0.407 e. The van der Waals surface area contributed by atoms with Crippen LogP contribution in [0.2, 0.25) is 0 Å². The van der Waals surface area contributed by atoms with E-state index in [0.717, 1.165) is 12.3 Å². The molecule has 0 radical (unpaired) electrons. The van der Waals surface area contributed by atoms with Gasteiger partial charge in [-0.05, 0) is 46.2 Å². The largest absolute Gasteiger partial charge is 0.484 e. The maximum absolute atomic E-state index is 12.1. The molecule has 2 aliphatic heterocycles. The summed E-state index contributed by atoms with van der Waals surface area (Å²) in [7, 11) is 0. The van der Waals surface area contributed by atoms with E-state index in [1.165, 1.54) is 22.4 Å². The van der Waals surface area contributed by atoms with Crippen LogP contribution in [0.5, 0.6) is 5.75 Å². The summed E-state index contributed by atoms with van der Waals surface area (Å²) >= 11 is 0. The van der Waals surface area contributed by atoms with Gasteiger partial charge in [0.15, 0.2) is 0 Å². The predicted molar refractivity (Wildman–Crippen MR) is 104 cm³/mol. The Morgan fingerprint density at radius 1 is 1.38 bits per heavy atom. The summed E-state index contributed by atoms with van der Waals surface area (Å²) in [5.74, 6) is 1.16. The first-order chi connectivity index (χ1) is 11.8. The molecule has 1 amide bonds. The van der Waals surface area contributed by atoms with Crippen LogP contribution in [-0.2, 0) is 10.2 Å². The number of amides is 1. The highest BCUT2D eigenvalue weighted by Gasteiger charge is 2.47. The van der Waals surface area contributed by atoms with Gasteiger partial charge in [0.05, 0.1) is 6.54 Å². The van der Waals surface area contributed by atoms with Gasteiger partial charge in [-0.1, -0.05) is 20.8 Å². The van der Waals surface area contributed by atoms with Crippen LogP contribution in [-0.4, -0.2) is 30.4 Å². The molecule has 2 heterocycles. The number of nitrogens with one attached hydrogen (secondary N) is 2. The Labute approximate surface area is 156 Å². The number of benzene rings is 1. The van der Waals surface area contributed by atoms with Crippen molar-refractivity contribution < 1.29 is 14.3 Å². The lowest BCUT2D eigenvalue weighted by Gasteiger charge is -2.30. The van der Waals surface area contributed by atoms with Crippen molar-refractivity contribution in [1.82, 2.24) is 5.32 Å². The van der Waals surface area contributed by atoms with Crippen LogP contribution >= 0.6 is 0 Å². The average molecular weight is 360 g/mol. The molecule has 0 aliphatic carbocycles. The van der Waals surface area contributed by atoms with Crippen LogP contribution in [0.4, 0.5) is 10.5 Å². The second-order valence-corrected chi connectivity index (χ2v) is 9.59. The molecule has 0 spiro atoms. The molecule has 1 aromatic carbocycles. The molecule has 0 bridgehead atoms. The van der Waals surface area contributed by atoms with Crippen molar-refractivity contribution in [3.05, 3.63) is 22.8 Å². The Balaban J connectivity index is 1.86. The monoisotopic (exact) mass is 360 g/mol. The summed E-state index contributed by atoms with van der Waals surface area (Å²) in [5.41, 5.74) is 3.96. The van der Waals surface area contributed by atoms with E-state index in [1.54, 1.807) is 0 Å². The van der Waals surface area contributed by atoms with E-state index in [9.17, 15) is 4.79 Å². The third-order valence-corrected chi connectivity index (χ3v) is 5.59. The zero-order valence-electron chi connectivity index (χ0n) is 17.3. The first-order valence-corrected chi connectivity index (χ1v) is 9.42. The minimum Gasteiger partial charge on any atom is -0.484 e. The number of hydrogen-bond acceptors (Lipinski definition) is 4. The molecule has 2 aliphatic rings. The Hall–Kier alpha value is -1.91. The van der Waals surface area contributed by atoms with Crippen LogP contribution in [0.15, 0.2) is 6.07 Å². The van der Waals surface area contributed by atoms with E-state index in [1.807, 2.05) is 20.8 Å². The van der Waals surface area contributed by atoms with Crippen LogP contribution in [0, 0.1) is 6.92 Å². The van der Waals surface area contributed by atoms with Crippen molar-refractivity contribution in [3.8, 4) is 5.75 Å². The highest BCUT2D eigenvalue weighted by molar-refractivity contribution is 5.73. The first-order valence-electron chi connectivity index (χ1n) is 9.42. The number of anilines is 1. The molecule has 26 heavy (non-hydrogen) atoms. The minimum absolute atomic E-state index is 0.0228. The van der Waals surface area contributed by atoms with Gasteiger partial charge in [0.1, 0.15) is 17.0 Å². The summed E-state index contributed by atoms with van der Waals surface area (Å²) in [6.45, 7) is 17.8. The fourth-order valence-electron chi connectivity index (χ4n) is 3.93. The zero-order valence-corrected chi connectivity index (χ0v) is 17.3. The molecule has 5 nitrogen and oxygen atoms in total. The molecule has 0 saturated carbocycles. The van der Waals surface area contributed by atoms with E-state index < -0.39 is 17.3 Å².